The molecule has 0 aliphatic carbocycles. The molecule has 0 radical (unpaired) electrons. The topological polar surface area (TPSA) is 121 Å². The fraction of sp³-hybridized carbons (Fsp3) is 0.364. The first-order chi connectivity index (χ1) is 8.12. The molecule has 0 spiro atoms. The molecule has 80 valence electrons. The second-order valence-corrected chi connectivity index (χ2v) is 3.81. The van der Waals surface area contributed by atoms with Crippen LogP contribution in [-0.2, 0) is 9.53 Å². The number of carbonyl (C=O) groups is 1. The van der Waals surface area contributed by atoms with E-state index in [1.807, 2.05) is 0 Å². The van der Waals surface area contributed by atoms with Crippen molar-refractivity contribution in [2.75, 3.05) is 0 Å². The first kappa shape index (κ1) is 10.8. The zero-order chi connectivity index (χ0) is 12.7. The second-order valence-electron chi connectivity index (χ2n) is 3.81. The Morgan fingerprint density at radius 3 is 2.12 bits per heavy atom. The molecule has 0 aromatic carbocycles. The van der Waals surface area contributed by atoms with Crippen molar-refractivity contribution in [1.82, 2.24) is 0 Å². The molecule has 2 atom stereocenters. The van der Waals surface area contributed by atoms with Crippen LogP contribution in [0.15, 0.2) is 12.2 Å². The zero-order valence-corrected chi connectivity index (χ0v) is 8.41. The number of rotatable bonds is 1. The number of fused-ring (bicyclic) bond motifs is 2. The third kappa shape index (κ3) is 0.764. The highest BCUT2D eigenvalue weighted by atomic mass is 16.5. The molecule has 1 saturated heterocycles. The molecule has 2 rings (SSSR count). The molecule has 2 bridgehead atoms. The summed E-state index contributed by atoms with van der Waals surface area (Å²) in [7, 11) is 0. The summed E-state index contributed by atoms with van der Waals surface area (Å²) in [6.45, 7) is 0. The maximum absolute atomic E-state index is 11.1. The Morgan fingerprint density at radius 2 is 1.71 bits per heavy atom. The van der Waals surface area contributed by atoms with Gasteiger partial charge in [0.2, 0.25) is 10.8 Å². The van der Waals surface area contributed by atoms with E-state index in [2.05, 4.69) is 0 Å². The van der Waals surface area contributed by atoms with E-state index in [0.29, 0.717) is 6.29 Å². The number of hydrogen-bond donors (Lipinski definition) is 0. The van der Waals surface area contributed by atoms with Crippen LogP contribution in [0.1, 0.15) is 0 Å². The summed E-state index contributed by atoms with van der Waals surface area (Å²) in [5.74, 6) is 0. The Kier molecular flexibility index (Phi) is 1.86. The van der Waals surface area contributed by atoms with E-state index in [9.17, 15) is 15.3 Å². The number of carbonyl (C=O) groups excluding carboxylic acids is 1. The lowest BCUT2D eigenvalue weighted by molar-refractivity contribution is -0.124. The van der Waals surface area contributed by atoms with Gasteiger partial charge in [-0.25, -0.2) is 0 Å². The van der Waals surface area contributed by atoms with Crippen molar-refractivity contribution in [3.05, 3.63) is 12.2 Å². The van der Waals surface area contributed by atoms with E-state index >= 15 is 0 Å². The highest BCUT2D eigenvalue weighted by Crippen LogP contribution is 2.60. The summed E-state index contributed by atoms with van der Waals surface area (Å²) in [6, 6.07) is 6.60. The molecule has 2 heterocycles. The largest absolute Gasteiger partial charge is 0.350 e. The average Bonchev–Trinajstić information content (AvgIpc) is 2.91. The quantitative estimate of drug-likeness (QED) is 0.455. The van der Waals surface area contributed by atoms with Crippen molar-refractivity contribution < 1.29 is 9.53 Å². The predicted molar refractivity (Wildman–Crippen MR) is 50.1 cm³/mol. The molecule has 0 aromatic heterocycles. The van der Waals surface area contributed by atoms with E-state index in [0.717, 1.165) is 0 Å². The van der Waals surface area contributed by atoms with Crippen LogP contribution in [0.2, 0.25) is 0 Å². The van der Waals surface area contributed by atoms with Crippen molar-refractivity contribution in [3.63, 3.8) is 0 Å². The molecule has 6 heteroatoms. The highest BCUT2D eigenvalue weighted by Gasteiger charge is 2.78. The lowest BCUT2D eigenvalue weighted by atomic mass is 9.56. The Labute approximate surface area is 96.5 Å². The number of hydrogen-bond acceptors (Lipinski definition) is 6. The first-order valence-electron chi connectivity index (χ1n) is 4.60. The van der Waals surface area contributed by atoms with Crippen molar-refractivity contribution in [2.45, 2.75) is 11.7 Å². The van der Waals surface area contributed by atoms with Crippen LogP contribution < -0.4 is 0 Å². The van der Waals surface area contributed by atoms with Gasteiger partial charge in [-0.2, -0.15) is 21.0 Å². The minimum Gasteiger partial charge on any atom is -0.350 e. The molecule has 0 amide bonds. The normalized spacial score (nSPS) is 34.0. The molecular formula is C11H4N4O2. The smallest absolute Gasteiger partial charge is 0.217 e. The predicted octanol–water partition coefficient (Wildman–Crippen LogP) is -0.0402. The Balaban J connectivity index is 2.87. The standard InChI is InChI=1S/C11H4N4O2/c12-3-9(4-13)8-1-2-11(7-16,17-8)10(9,5-14)6-15/h1-2,7-8H. The summed E-state index contributed by atoms with van der Waals surface area (Å²) in [5, 5.41) is 36.7. The maximum atomic E-state index is 11.1. The van der Waals surface area contributed by atoms with Crippen LogP contribution >= 0.6 is 0 Å². The maximum Gasteiger partial charge on any atom is 0.217 e. The monoisotopic (exact) mass is 224 g/mol. The van der Waals surface area contributed by atoms with Gasteiger partial charge in [-0.05, 0) is 6.08 Å². The zero-order valence-electron chi connectivity index (χ0n) is 8.41. The van der Waals surface area contributed by atoms with Gasteiger partial charge in [-0.1, -0.05) is 6.08 Å². The van der Waals surface area contributed by atoms with Crippen LogP contribution in [0.3, 0.4) is 0 Å². The minimum absolute atomic E-state index is 0.298. The Hall–Kier alpha value is -2.67. The fourth-order valence-corrected chi connectivity index (χ4v) is 2.34. The van der Waals surface area contributed by atoms with Gasteiger partial charge in [0.05, 0.1) is 24.3 Å². The van der Waals surface area contributed by atoms with Gasteiger partial charge in [0.25, 0.3) is 0 Å². The molecule has 6 nitrogen and oxygen atoms in total. The minimum atomic E-state index is -2.13. The van der Waals surface area contributed by atoms with Crippen LogP contribution in [-0.4, -0.2) is 18.0 Å². The molecule has 0 aromatic rings. The number of nitriles is 4. The van der Waals surface area contributed by atoms with Crippen molar-refractivity contribution in [1.29, 1.82) is 21.0 Å². The Morgan fingerprint density at radius 1 is 1.12 bits per heavy atom. The second kappa shape index (κ2) is 2.92. The Bertz CT molecular complexity index is 567. The average molecular weight is 224 g/mol. The van der Waals surface area contributed by atoms with E-state index in [4.69, 9.17) is 15.3 Å². The van der Waals surface area contributed by atoms with E-state index in [1.54, 1.807) is 24.3 Å². The summed E-state index contributed by atoms with van der Waals surface area (Å²) in [4.78, 5) is 11.1. The highest BCUT2D eigenvalue weighted by molar-refractivity contribution is 5.76. The lowest BCUT2D eigenvalue weighted by Crippen LogP contribution is -2.52. The van der Waals surface area contributed by atoms with Gasteiger partial charge in [0.1, 0.15) is 6.10 Å². The van der Waals surface area contributed by atoms with Gasteiger partial charge in [0, 0.05) is 0 Å². The SMILES string of the molecule is N#CC1(C#N)C2C=CC(C=O)(O2)C1(C#N)C#N. The molecular weight excluding hydrogens is 220 g/mol. The van der Waals surface area contributed by atoms with Gasteiger partial charge < -0.3 is 4.74 Å². The number of nitrogens with zero attached hydrogens (tertiary/aromatic N) is 4. The third-order valence-corrected chi connectivity index (χ3v) is 3.31. The van der Waals surface area contributed by atoms with Crippen LogP contribution in [0.25, 0.3) is 0 Å². The van der Waals surface area contributed by atoms with Crippen LogP contribution in [0, 0.1) is 56.2 Å². The molecule has 2 aliphatic rings. The molecule has 2 aliphatic heterocycles. The van der Waals surface area contributed by atoms with Gasteiger partial charge in [0.15, 0.2) is 11.9 Å². The number of aldehydes is 1. The molecule has 2 unspecified atom stereocenters. The lowest BCUT2D eigenvalue weighted by Gasteiger charge is -2.32. The van der Waals surface area contributed by atoms with Crippen LogP contribution in [0.4, 0.5) is 0 Å². The summed E-state index contributed by atoms with van der Waals surface area (Å²) >= 11 is 0. The van der Waals surface area contributed by atoms with Gasteiger partial charge in [-0.3, -0.25) is 4.79 Å². The van der Waals surface area contributed by atoms with Crippen molar-refractivity contribution in [3.8, 4) is 24.3 Å². The summed E-state index contributed by atoms with van der Waals surface area (Å²) in [5.41, 5.74) is -5.94. The first-order valence-corrected chi connectivity index (χ1v) is 4.60. The van der Waals surface area contributed by atoms with Gasteiger partial charge >= 0.3 is 0 Å². The van der Waals surface area contributed by atoms with Crippen LogP contribution in [0.5, 0.6) is 0 Å². The van der Waals surface area contributed by atoms with E-state index in [1.165, 1.54) is 12.2 Å². The fourth-order valence-electron chi connectivity index (χ4n) is 2.34. The van der Waals surface area contributed by atoms with Crippen molar-refractivity contribution in [2.24, 2.45) is 10.8 Å². The molecule has 0 N–H and O–H groups in total. The van der Waals surface area contributed by atoms with Gasteiger partial charge in [-0.15, -0.1) is 0 Å². The summed E-state index contributed by atoms with van der Waals surface area (Å²) in [6.07, 6.45) is 1.89. The molecule has 17 heavy (non-hydrogen) atoms. The molecule has 1 fully saturated rings. The third-order valence-electron chi connectivity index (χ3n) is 3.31. The van der Waals surface area contributed by atoms with E-state index < -0.39 is 22.5 Å². The summed E-state index contributed by atoms with van der Waals surface area (Å²) < 4.78 is 5.24. The molecule has 0 saturated carbocycles. The van der Waals surface area contributed by atoms with E-state index in [-0.39, 0.29) is 0 Å². The van der Waals surface area contributed by atoms with Crippen molar-refractivity contribution >= 4 is 6.29 Å². The number of ether oxygens (including phenoxy) is 1.